The first-order valence-corrected chi connectivity index (χ1v) is 9.92. The van der Waals surface area contributed by atoms with E-state index >= 15 is 0 Å². The highest BCUT2D eigenvalue weighted by atomic mass is 16.2. The molecule has 2 aliphatic heterocycles. The number of benzene rings is 2. The lowest BCUT2D eigenvalue weighted by atomic mass is 9.92. The number of urea groups is 1. The van der Waals surface area contributed by atoms with E-state index in [4.69, 9.17) is 0 Å². The van der Waals surface area contributed by atoms with Crippen molar-refractivity contribution in [3.8, 4) is 0 Å². The van der Waals surface area contributed by atoms with Crippen LogP contribution in [0.2, 0.25) is 0 Å². The van der Waals surface area contributed by atoms with Crippen molar-refractivity contribution >= 4 is 23.3 Å². The molecule has 3 N–H and O–H groups in total. The van der Waals surface area contributed by atoms with Crippen LogP contribution in [0.25, 0.3) is 0 Å². The first-order chi connectivity index (χ1) is 13.7. The van der Waals surface area contributed by atoms with Crippen LogP contribution < -0.4 is 16.0 Å². The molecular weight excluding hydrogens is 352 g/mol. The van der Waals surface area contributed by atoms with E-state index < -0.39 is 0 Å². The molecule has 3 amide bonds. The largest absolute Gasteiger partial charge is 0.339 e. The average Bonchev–Trinajstić information content (AvgIpc) is 3.07. The summed E-state index contributed by atoms with van der Waals surface area (Å²) >= 11 is 0. The molecule has 2 aromatic carbocycles. The number of hydrogen-bond acceptors (Lipinski definition) is 3. The Balaban J connectivity index is 1.33. The van der Waals surface area contributed by atoms with Gasteiger partial charge in [-0.3, -0.25) is 4.79 Å². The number of nitrogens with zero attached hydrogens (tertiary/aromatic N) is 1. The molecule has 0 aliphatic carbocycles. The Kier molecular flexibility index (Phi) is 5.58. The number of anilines is 2. The highest BCUT2D eigenvalue weighted by molar-refractivity contribution is 6.00. The van der Waals surface area contributed by atoms with E-state index in [1.54, 1.807) is 24.3 Å². The van der Waals surface area contributed by atoms with Crippen molar-refractivity contribution in [3.05, 3.63) is 60.2 Å². The zero-order chi connectivity index (χ0) is 19.3. The van der Waals surface area contributed by atoms with Gasteiger partial charge in [0, 0.05) is 30.0 Å². The number of amides is 3. The fourth-order valence-corrected chi connectivity index (χ4v) is 4.11. The first-order valence-electron chi connectivity index (χ1n) is 9.92. The summed E-state index contributed by atoms with van der Waals surface area (Å²) in [5, 5.41) is 9.03. The predicted molar refractivity (Wildman–Crippen MR) is 111 cm³/mol. The third-order valence-electron chi connectivity index (χ3n) is 5.73. The SMILES string of the molecule is O=C(Nc1ccccc1)Nc1ccc(C(=O)N2CC[C@@H]3CNC[C@@H]3CC2)cc1. The summed E-state index contributed by atoms with van der Waals surface area (Å²) in [5.74, 6) is 1.48. The second-order valence-corrected chi connectivity index (χ2v) is 7.57. The minimum absolute atomic E-state index is 0.0771. The molecule has 2 atom stereocenters. The third-order valence-corrected chi connectivity index (χ3v) is 5.73. The number of rotatable bonds is 3. The topological polar surface area (TPSA) is 73.5 Å². The molecule has 0 saturated carbocycles. The summed E-state index contributed by atoms with van der Waals surface area (Å²) in [4.78, 5) is 26.9. The summed E-state index contributed by atoms with van der Waals surface area (Å²) in [7, 11) is 0. The van der Waals surface area contributed by atoms with Crippen LogP contribution >= 0.6 is 0 Å². The van der Waals surface area contributed by atoms with Gasteiger partial charge in [0.15, 0.2) is 0 Å². The number of carbonyl (C=O) groups is 2. The van der Waals surface area contributed by atoms with Crippen LogP contribution in [0, 0.1) is 11.8 Å². The number of likely N-dealkylation sites (tertiary alicyclic amines) is 1. The summed E-state index contributed by atoms with van der Waals surface area (Å²) in [6.07, 6.45) is 2.14. The molecule has 6 nitrogen and oxygen atoms in total. The lowest BCUT2D eigenvalue weighted by molar-refractivity contribution is 0.0758. The molecule has 2 heterocycles. The van der Waals surface area contributed by atoms with Crippen molar-refractivity contribution in [2.24, 2.45) is 11.8 Å². The molecule has 2 fully saturated rings. The zero-order valence-electron chi connectivity index (χ0n) is 15.9. The highest BCUT2D eigenvalue weighted by Gasteiger charge is 2.31. The Labute approximate surface area is 165 Å². The summed E-state index contributed by atoms with van der Waals surface area (Å²) < 4.78 is 0. The van der Waals surface area contributed by atoms with Crippen LogP contribution in [-0.4, -0.2) is 43.0 Å². The fraction of sp³-hybridized carbons (Fsp3) is 0.364. The predicted octanol–water partition coefficient (Wildman–Crippen LogP) is 3.40. The van der Waals surface area contributed by atoms with E-state index in [9.17, 15) is 9.59 Å². The Hall–Kier alpha value is -2.86. The van der Waals surface area contributed by atoms with Crippen LogP contribution in [0.3, 0.4) is 0 Å². The van der Waals surface area contributed by atoms with Crippen LogP contribution in [-0.2, 0) is 0 Å². The maximum Gasteiger partial charge on any atom is 0.323 e. The van der Waals surface area contributed by atoms with Gasteiger partial charge in [-0.25, -0.2) is 4.79 Å². The molecular formula is C22H26N4O2. The smallest absolute Gasteiger partial charge is 0.323 e. The van der Waals surface area contributed by atoms with Crippen molar-refractivity contribution in [1.82, 2.24) is 10.2 Å². The van der Waals surface area contributed by atoms with Crippen LogP contribution in [0.15, 0.2) is 54.6 Å². The van der Waals surface area contributed by atoms with Gasteiger partial charge in [0.1, 0.15) is 0 Å². The summed E-state index contributed by atoms with van der Waals surface area (Å²) in [6.45, 7) is 3.80. The van der Waals surface area contributed by atoms with Gasteiger partial charge in [-0.2, -0.15) is 0 Å². The van der Waals surface area contributed by atoms with Gasteiger partial charge < -0.3 is 20.9 Å². The lowest BCUT2D eigenvalue weighted by Gasteiger charge is -2.21. The van der Waals surface area contributed by atoms with E-state index in [1.165, 1.54) is 0 Å². The van der Waals surface area contributed by atoms with E-state index in [0.717, 1.165) is 44.7 Å². The van der Waals surface area contributed by atoms with Crippen molar-refractivity contribution in [1.29, 1.82) is 0 Å². The minimum atomic E-state index is -0.307. The molecule has 0 unspecified atom stereocenters. The van der Waals surface area contributed by atoms with Gasteiger partial charge in [0.25, 0.3) is 5.91 Å². The second-order valence-electron chi connectivity index (χ2n) is 7.57. The Morgan fingerprint density at radius 2 is 1.39 bits per heavy atom. The highest BCUT2D eigenvalue weighted by Crippen LogP contribution is 2.27. The number of nitrogens with one attached hydrogen (secondary N) is 3. The lowest BCUT2D eigenvalue weighted by Crippen LogP contribution is -2.32. The van der Waals surface area contributed by atoms with E-state index in [2.05, 4.69) is 16.0 Å². The molecule has 0 spiro atoms. The van der Waals surface area contributed by atoms with Gasteiger partial charge >= 0.3 is 6.03 Å². The second kappa shape index (κ2) is 8.44. The van der Waals surface area contributed by atoms with Crippen molar-refractivity contribution in [3.63, 3.8) is 0 Å². The van der Waals surface area contributed by atoms with Crippen molar-refractivity contribution in [2.45, 2.75) is 12.8 Å². The molecule has 2 aliphatic rings. The molecule has 0 bridgehead atoms. The Bertz CT molecular complexity index is 808. The average molecular weight is 378 g/mol. The standard InChI is InChI=1S/C22H26N4O2/c27-21(26-12-10-17-14-23-15-18(17)11-13-26)16-6-8-20(9-7-16)25-22(28)24-19-4-2-1-3-5-19/h1-9,17-18,23H,10-15H2,(H2,24,25,28)/t17-,18+. The van der Waals surface area contributed by atoms with Crippen molar-refractivity contribution in [2.75, 3.05) is 36.8 Å². The van der Waals surface area contributed by atoms with E-state index in [-0.39, 0.29) is 11.9 Å². The van der Waals surface area contributed by atoms with Gasteiger partial charge in [-0.1, -0.05) is 18.2 Å². The maximum absolute atomic E-state index is 12.9. The summed E-state index contributed by atoms with van der Waals surface area (Å²) in [6, 6.07) is 16.1. The van der Waals surface area contributed by atoms with Gasteiger partial charge in [0.2, 0.25) is 0 Å². The fourth-order valence-electron chi connectivity index (χ4n) is 4.11. The molecule has 2 aromatic rings. The van der Waals surface area contributed by atoms with Gasteiger partial charge in [-0.15, -0.1) is 0 Å². The third kappa shape index (κ3) is 4.34. The van der Waals surface area contributed by atoms with Gasteiger partial charge in [0.05, 0.1) is 0 Å². The number of para-hydroxylation sites is 1. The number of fused-ring (bicyclic) bond motifs is 1. The molecule has 6 heteroatoms. The van der Waals surface area contributed by atoms with Crippen molar-refractivity contribution < 1.29 is 9.59 Å². The van der Waals surface area contributed by atoms with E-state index in [1.807, 2.05) is 35.2 Å². The summed E-state index contributed by atoms with van der Waals surface area (Å²) in [5.41, 5.74) is 2.05. The Morgan fingerprint density at radius 3 is 2.00 bits per heavy atom. The van der Waals surface area contributed by atoms with Crippen LogP contribution in [0.1, 0.15) is 23.2 Å². The molecule has 146 valence electrons. The first kappa shape index (κ1) is 18.5. The molecule has 0 aromatic heterocycles. The maximum atomic E-state index is 12.9. The quantitative estimate of drug-likeness (QED) is 0.766. The normalized spacial score (nSPS) is 21.5. The van der Waals surface area contributed by atoms with Crippen LogP contribution in [0.5, 0.6) is 0 Å². The molecule has 2 saturated heterocycles. The Morgan fingerprint density at radius 1 is 0.821 bits per heavy atom. The minimum Gasteiger partial charge on any atom is -0.339 e. The molecule has 0 radical (unpaired) electrons. The monoisotopic (exact) mass is 378 g/mol. The number of hydrogen-bond donors (Lipinski definition) is 3. The molecule has 28 heavy (non-hydrogen) atoms. The molecule has 4 rings (SSSR count). The van der Waals surface area contributed by atoms with Gasteiger partial charge in [-0.05, 0) is 74.2 Å². The van der Waals surface area contributed by atoms with E-state index in [0.29, 0.717) is 23.1 Å². The van der Waals surface area contributed by atoms with Crippen LogP contribution in [0.4, 0.5) is 16.2 Å². The zero-order valence-corrected chi connectivity index (χ0v) is 15.9. The number of carbonyl (C=O) groups excluding carboxylic acids is 2.